The molecule has 0 saturated carbocycles. The number of rotatable bonds is 15. The standard InChI is InChI=1S/C15H33NOS/c16-17-14-12-10-8-6-4-2-1-3-5-7-9-11-13-15-18/h18H,1-16H2. The van der Waals surface area contributed by atoms with Gasteiger partial charge in [0.05, 0.1) is 6.61 Å². The fourth-order valence-corrected chi connectivity index (χ4v) is 2.47. The van der Waals surface area contributed by atoms with Crippen molar-refractivity contribution in [3.63, 3.8) is 0 Å². The molecule has 0 amide bonds. The zero-order valence-electron chi connectivity index (χ0n) is 12.0. The van der Waals surface area contributed by atoms with Crippen LogP contribution in [0.15, 0.2) is 0 Å². The fraction of sp³-hybridized carbons (Fsp3) is 1.00. The molecule has 0 spiro atoms. The summed E-state index contributed by atoms with van der Waals surface area (Å²) in [4.78, 5) is 4.54. The molecule has 0 saturated heterocycles. The van der Waals surface area contributed by atoms with E-state index in [9.17, 15) is 0 Å². The zero-order valence-corrected chi connectivity index (χ0v) is 12.9. The third-order valence-corrected chi connectivity index (χ3v) is 3.74. The normalized spacial score (nSPS) is 11.0. The van der Waals surface area contributed by atoms with Gasteiger partial charge in [0, 0.05) is 0 Å². The smallest absolute Gasteiger partial charge is 0.0679 e. The van der Waals surface area contributed by atoms with Crippen molar-refractivity contribution in [2.45, 2.75) is 83.5 Å². The Hall–Kier alpha value is 0.270. The Kier molecular flexibility index (Phi) is 17.5. The van der Waals surface area contributed by atoms with Gasteiger partial charge >= 0.3 is 0 Å². The molecule has 0 aromatic carbocycles. The van der Waals surface area contributed by atoms with Gasteiger partial charge in [-0.25, -0.2) is 5.90 Å². The van der Waals surface area contributed by atoms with Crippen molar-refractivity contribution in [3.05, 3.63) is 0 Å². The lowest BCUT2D eigenvalue weighted by atomic mass is 10.0. The molecule has 110 valence electrons. The van der Waals surface area contributed by atoms with Gasteiger partial charge in [-0.2, -0.15) is 12.6 Å². The second-order valence-electron chi connectivity index (χ2n) is 5.19. The minimum absolute atomic E-state index is 0.715. The van der Waals surface area contributed by atoms with Crippen LogP contribution in [-0.4, -0.2) is 12.4 Å². The molecule has 2 N–H and O–H groups in total. The Balaban J connectivity index is 2.86. The minimum Gasteiger partial charge on any atom is -0.305 e. The van der Waals surface area contributed by atoms with Gasteiger partial charge in [-0.1, -0.05) is 70.6 Å². The maximum atomic E-state index is 4.97. The molecule has 18 heavy (non-hydrogen) atoms. The molecule has 0 aromatic rings. The molecule has 0 atom stereocenters. The second-order valence-corrected chi connectivity index (χ2v) is 5.64. The van der Waals surface area contributed by atoms with Crippen LogP contribution in [0, 0.1) is 0 Å². The van der Waals surface area contributed by atoms with Crippen LogP contribution < -0.4 is 5.90 Å². The van der Waals surface area contributed by atoms with Gasteiger partial charge in [-0.05, 0) is 18.6 Å². The Labute approximate surface area is 119 Å². The molecule has 0 bridgehead atoms. The first-order chi connectivity index (χ1) is 8.91. The van der Waals surface area contributed by atoms with Crippen molar-refractivity contribution in [2.75, 3.05) is 12.4 Å². The number of hydrogen-bond acceptors (Lipinski definition) is 3. The van der Waals surface area contributed by atoms with Crippen LogP contribution in [0.2, 0.25) is 0 Å². The SMILES string of the molecule is NOCCCCCCCCCCCCCCCS. The molecule has 0 aliphatic heterocycles. The van der Waals surface area contributed by atoms with E-state index in [1.165, 1.54) is 77.0 Å². The molecule has 0 unspecified atom stereocenters. The highest BCUT2D eigenvalue weighted by Gasteiger charge is 1.93. The Morgan fingerprint density at radius 2 is 0.889 bits per heavy atom. The maximum absolute atomic E-state index is 4.97. The Morgan fingerprint density at radius 3 is 1.22 bits per heavy atom. The molecule has 0 aromatic heterocycles. The van der Waals surface area contributed by atoms with E-state index in [1.54, 1.807) is 0 Å². The van der Waals surface area contributed by atoms with E-state index >= 15 is 0 Å². The predicted molar refractivity (Wildman–Crippen MR) is 84.0 cm³/mol. The van der Waals surface area contributed by atoms with Crippen molar-refractivity contribution in [1.29, 1.82) is 0 Å². The number of thiol groups is 1. The molecule has 0 heterocycles. The Morgan fingerprint density at radius 1 is 0.556 bits per heavy atom. The van der Waals surface area contributed by atoms with Crippen LogP contribution in [0.25, 0.3) is 0 Å². The summed E-state index contributed by atoms with van der Waals surface area (Å²) in [5.41, 5.74) is 0. The average molecular weight is 276 g/mol. The molecule has 3 heteroatoms. The van der Waals surface area contributed by atoms with E-state index in [-0.39, 0.29) is 0 Å². The third kappa shape index (κ3) is 16.3. The van der Waals surface area contributed by atoms with Crippen molar-refractivity contribution >= 4 is 12.6 Å². The van der Waals surface area contributed by atoms with Gasteiger partial charge in [0.25, 0.3) is 0 Å². The monoisotopic (exact) mass is 275 g/mol. The van der Waals surface area contributed by atoms with E-state index in [1.807, 2.05) is 0 Å². The van der Waals surface area contributed by atoms with Crippen LogP contribution >= 0.6 is 12.6 Å². The average Bonchev–Trinajstić information content (AvgIpc) is 2.39. The van der Waals surface area contributed by atoms with Crippen LogP contribution in [0.5, 0.6) is 0 Å². The number of hydrogen-bond donors (Lipinski definition) is 2. The summed E-state index contributed by atoms with van der Waals surface area (Å²) in [7, 11) is 0. The van der Waals surface area contributed by atoms with Gasteiger partial charge in [0.1, 0.15) is 0 Å². The first kappa shape index (κ1) is 18.3. The van der Waals surface area contributed by atoms with Gasteiger partial charge in [0.15, 0.2) is 0 Å². The van der Waals surface area contributed by atoms with E-state index in [0.29, 0.717) is 6.61 Å². The summed E-state index contributed by atoms with van der Waals surface area (Å²) >= 11 is 4.23. The second kappa shape index (κ2) is 17.3. The molecule has 2 nitrogen and oxygen atoms in total. The van der Waals surface area contributed by atoms with Crippen LogP contribution in [0.1, 0.15) is 83.5 Å². The molecule has 0 radical (unpaired) electrons. The summed E-state index contributed by atoms with van der Waals surface area (Å²) in [6, 6.07) is 0. The number of nitrogens with two attached hydrogens (primary N) is 1. The lowest BCUT2D eigenvalue weighted by Crippen LogP contribution is -2.00. The summed E-state index contributed by atoms with van der Waals surface area (Å²) < 4.78 is 0. The van der Waals surface area contributed by atoms with Crippen LogP contribution in [0.3, 0.4) is 0 Å². The van der Waals surface area contributed by atoms with Crippen LogP contribution in [-0.2, 0) is 4.84 Å². The minimum atomic E-state index is 0.715. The first-order valence-corrected chi connectivity index (χ1v) is 8.47. The molecule has 0 rings (SSSR count). The van der Waals surface area contributed by atoms with E-state index in [0.717, 1.165) is 12.2 Å². The molecule has 0 aliphatic carbocycles. The van der Waals surface area contributed by atoms with Gasteiger partial charge in [-0.15, -0.1) is 0 Å². The summed E-state index contributed by atoms with van der Waals surface area (Å²) in [5, 5.41) is 0. The number of unbranched alkanes of at least 4 members (excludes halogenated alkanes) is 12. The lowest BCUT2D eigenvalue weighted by Gasteiger charge is -2.02. The highest BCUT2D eigenvalue weighted by Crippen LogP contribution is 2.12. The summed E-state index contributed by atoms with van der Waals surface area (Å²) in [5.74, 6) is 6.02. The largest absolute Gasteiger partial charge is 0.305 e. The predicted octanol–water partition coefficient (Wildman–Crippen LogP) is 4.88. The van der Waals surface area contributed by atoms with Crippen molar-refractivity contribution in [2.24, 2.45) is 5.90 Å². The quantitative estimate of drug-likeness (QED) is 0.254. The Bertz CT molecular complexity index is 128. The molecular formula is C15H33NOS. The van der Waals surface area contributed by atoms with Crippen molar-refractivity contribution in [1.82, 2.24) is 0 Å². The maximum Gasteiger partial charge on any atom is 0.0679 e. The van der Waals surface area contributed by atoms with Crippen LogP contribution in [0.4, 0.5) is 0 Å². The lowest BCUT2D eigenvalue weighted by molar-refractivity contribution is 0.133. The van der Waals surface area contributed by atoms with Crippen molar-refractivity contribution < 1.29 is 4.84 Å². The van der Waals surface area contributed by atoms with E-state index < -0.39 is 0 Å². The fourth-order valence-electron chi connectivity index (χ4n) is 2.24. The molecule has 0 aliphatic rings. The van der Waals surface area contributed by atoms with Gasteiger partial charge in [0.2, 0.25) is 0 Å². The van der Waals surface area contributed by atoms with Gasteiger partial charge < -0.3 is 4.84 Å². The summed E-state index contributed by atoms with van der Waals surface area (Å²) in [6.45, 7) is 0.715. The van der Waals surface area contributed by atoms with E-state index in [2.05, 4.69) is 17.5 Å². The topological polar surface area (TPSA) is 35.2 Å². The van der Waals surface area contributed by atoms with Gasteiger partial charge in [-0.3, -0.25) is 0 Å². The third-order valence-electron chi connectivity index (χ3n) is 3.42. The molecule has 0 fully saturated rings. The highest BCUT2D eigenvalue weighted by atomic mass is 32.1. The van der Waals surface area contributed by atoms with E-state index in [4.69, 9.17) is 5.90 Å². The van der Waals surface area contributed by atoms with Crippen molar-refractivity contribution in [3.8, 4) is 0 Å². The summed E-state index contributed by atoms with van der Waals surface area (Å²) in [6.07, 6.45) is 17.7. The molecular weight excluding hydrogens is 242 g/mol. The highest BCUT2D eigenvalue weighted by molar-refractivity contribution is 7.80. The zero-order chi connectivity index (χ0) is 13.3. The first-order valence-electron chi connectivity index (χ1n) is 7.84.